The highest BCUT2D eigenvalue weighted by molar-refractivity contribution is 5.71. The van der Waals surface area contributed by atoms with Crippen LogP contribution >= 0.6 is 0 Å². The van der Waals surface area contributed by atoms with Gasteiger partial charge in [0.1, 0.15) is 13.2 Å². The lowest BCUT2D eigenvalue weighted by atomic mass is 10.1. The molecular formula is C51H82O6. The molecule has 0 aliphatic heterocycles. The summed E-state index contributed by atoms with van der Waals surface area (Å²) in [5, 5.41) is 0. The summed E-state index contributed by atoms with van der Waals surface area (Å²) in [4.78, 5) is 37.7. The zero-order chi connectivity index (χ0) is 41.5. The molecule has 0 heterocycles. The van der Waals surface area contributed by atoms with E-state index in [-0.39, 0.29) is 37.5 Å². The lowest BCUT2D eigenvalue weighted by molar-refractivity contribution is -0.166. The summed E-state index contributed by atoms with van der Waals surface area (Å²) in [6.07, 6.45) is 58.4. The van der Waals surface area contributed by atoms with Crippen molar-refractivity contribution in [2.24, 2.45) is 0 Å². The van der Waals surface area contributed by atoms with E-state index in [0.717, 1.165) is 83.5 Å². The molecule has 0 aliphatic carbocycles. The van der Waals surface area contributed by atoms with Crippen molar-refractivity contribution in [2.45, 2.75) is 194 Å². The number of rotatable bonds is 39. The molecule has 0 aliphatic rings. The van der Waals surface area contributed by atoms with Gasteiger partial charge in [-0.15, -0.1) is 0 Å². The monoisotopic (exact) mass is 791 g/mol. The minimum atomic E-state index is -0.821. The quantitative estimate of drug-likeness (QED) is 0.0267. The summed E-state index contributed by atoms with van der Waals surface area (Å²) in [6, 6.07) is 0. The van der Waals surface area contributed by atoms with E-state index in [2.05, 4.69) is 106 Å². The first kappa shape index (κ1) is 53.3. The molecule has 0 bridgehead atoms. The van der Waals surface area contributed by atoms with Crippen LogP contribution in [0.3, 0.4) is 0 Å². The molecule has 6 heteroatoms. The standard InChI is InChI=1S/C51H82O6/c1-4-7-10-13-16-19-21-23-25-26-28-29-32-35-38-41-44-50(53)56-47-48(46-55-49(52)43-40-37-34-31-18-15-12-9-6-3)57-51(54)45-42-39-36-33-30-27-24-22-20-17-14-11-8-5-2/h7-8,10-11,16-17,19-20,23,25,28-29,31,34-35,38,48H,4-6,9,12-15,18,21-22,24,26-27,30,32-33,36-37,39-47H2,1-3H3/b10-7-,11-8-,19-16-,20-17-,25-23-,29-28-,34-31-,38-35-. The van der Waals surface area contributed by atoms with Crippen molar-refractivity contribution in [1.82, 2.24) is 0 Å². The minimum Gasteiger partial charge on any atom is -0.462 e. The van der Waals surface area contributed by atoms with E-state index in [4.69, 9.17) is 14.2 Å². The number of unbranched alkanes of at least 4 members (excludes halogenated alkanes) is 12. The molecule has 322 valence electrons. The fourth-order valence-corrected chi connectivity index (χ4v) is 5.71. The van der Waals surface area contributed by atoms with Gasteiger partial charge in [-0.25, -0.2) is 0 Å². The molecule has 57 heavy (non-hydrogen) atoms. The van der Waals surface area contributed by atoms with Crippen LogP contribution in [0.5, 0.6) is 0 Å². The van der Waals surface area contributed by atoms with Crippen molar-refractivity contribution in [2.75, 3.05) is 13.2 Å². The third-order valence-corrected chi connectivity index (χ3v) is 9.07. The van der Waals surface area contributed by atoms with Crippen LogP contribution in [0, 0.1) is 0 Å². The van der Waals surface area contributed by atoms with Crippen LogP contribution in [0.15, 0.2) is 97.2 Å². The summed E-state index contributed by atoms with van der Waals surface area (Å²) < 4.78 is 16.6. The van der Waals surface area contributed by atoms with Crippen molar-refractivity contribution in [1.29, 1.82) is 0 Å². The van der Waals surface area contributed by atoms with Crippen molar-refractivity contribution >= 4 is 17.9 Å². The Labute approximate surface area is 349 Å². The predicted octanol–water partition coefficient (Wildman–Crippen LogP) is 14.6. The largest absolute Gasteiger partial charge is 0.462 e. The van der Waals surface area contributed by atoms with Crippen molar-refractivity contribution in [3.05, 3.63) is 97.2 Å². The van der Waals surface area contributed by atoms with E-state index < -0.39 is 6.10 Å². The van der Waals surface area contributed by atoms with E-state index in [9.17, 15) is 14.4 Å². The minimum absolute atomic E-state index is 0.121. The van der Waals surface area contributed by atoms with Crippen LogP contribution in [0.4, 0.5) is 0 Å². The molecule has 0 aromatic carbocycles. The predicted molar refractivity (Wildman–Crippen MR) is 242 cm³/mol. The molecule has 0 radical (unpaired) electrons. The number of allylic oxidation sites excluding steroid dienone is 16. The number of hydrogen-bond acceptors (Lipinski definition) is 6. The summed E-state index contributed by atoms with van der Waals surface area (Å²) in [5.41, 5.74) is 0. The van der Waals surface area contributed by atoms with Gasteiger partial charge in [0.2, 0.25) is 0 Å². The summed E-state index contributed by atoms with van der Waals surface area (Å²) in [6.45, 7) is 6.25. The van der Waals surface area contributed by atoms with Crippen LogP contribution < -0.4 is 0 Å². The molecule has 0 aromatic heterocycles. The van der Waals surface area contributed by atoms with Gasteiger partial charge in [0.15, 0.2) is 6.10 Å². The first-order chi connectivity index (χ1) is 28.0. The third kappa shape index (κ3) is 43.3. The third-order valence-electron chi connectivity index (χ3n) is 9.07. The van der Waals surface area contributed by atoms with Gasteiger partial charge in [-0.05, 0) is 96.3 Å². The zero-order valence-corrected chi connectivity index (χ0v) is 36.6. The van der Waals surface area contributed by atoms with E-state index >= 15 is 0 Å². The van der Waals surface area contributed by atoms with Gasteiger partial charge in [0, 0.05) is 19.3 Å². The zero-order valence-electron chi connectivity index (χ0n) is 36.6. The molecule has 0 rings (SSSR count). The lowest BCUT2D eigenvalue weighted by Gasteiger charge is -2.18. The Hall–Kier alpha value is -3.67. The van der Waals surface area contributed by atoms with Crippen molar-refractivity contribution < 1.29 is 28.6 Å². The molecular weight excluding hydrogens is 709 g/mol. The maximum absolute atomic E-state index is 12.7. The Morgan fingerprint density at radius 3 is 1.25 bits per heavy atom. The second-order valence-electron chi connectivity index (χ2n) is 14.5. The molecule has 0 N–H and O–H groups in total. The Balaban J connectivity index is 4.52. The van der Waals surface area contributed by atoms with Crippen molar-refractivity contribution in [3.63, 3.8) is 0 Å². The number of carbonyl (C=O) groups is 3. The fourth-order valence-electron chi connectivity index (χ4n) is 5.71. The molecule has 1 unspecified atom stereocenters. The van der Waals surface area contributed by atoms with E-state index in [0.29, 0.717) is 25.7 Å². The van der Waals surface area contributed by atoms with Gasteiger partial charge >= 0.3 is 17.9 Å². The number of ether oxygens (including phenoxy) is 3. The van der Waals surface area contributed by atoms with E-state index in [1.165, 1.54) is 51.4 Å². The maximum atomic E-state index is 12.7. The summed E-state index contributed by atoms with van der Waals surface area (Å²) in [7, 11) is 0. The van der Waals surface area contributed by atoms with E-state index in [1.54, 1.807) is 0 Å². The molecule has 1 atom stereocenters. The molecule has 0 amide bonds. The second-order valence-corrected chi connectivity index (χ2v) is 14.5. The van der Waals surface area contributed by atoms with Crippen LogP contribution in [0.1, 0.15) is 188 Å². The fraction of sp³-hybridized carbons (Fsp3) is 0.627. The Morgan fingerprint density at radius 2 is 0.737 bits per heavy atom. The van der Waals surface area contributed by atoms with Gasteiger partial charge in [-0.3, -0.25) is 14.4 Å². The van der Waals surface area contributed by atoms with Gasteiger partial charge < -0.3 is 14.2 Å². The highest BCUT2D eigenvalue weighted by atomic mass is 16.6. The van der Waals surface area contributed by atoms with Crippen LogP contribution in [0.25, 0.3) is 0 Å². The molecule has 0 saturated carbocycles. The van der Waals surface area contributed by atoms with Gasteiger partial charge in [-0.2, -0.15) is 0 Å². The Bertz CT molecular complexity index is 1180. The highest BCUT2D eigenvalue weighted by Crippen LogP contribution is 2.12. The molecule has 0 spiro atoms. The first-order valence-corrected chi connectivity index (χ1v) is 22.7. The Kier molecular flexibility index (Phi) is 42.1. The molecule has 0 aromatic rings. The lowest BCUT2D eigenvalue weighted by Crippen LogP contribution is -2.30. The number of carbonyl (C=O) groups excluding carboxylic acids is 3. The molecule has 0 fully saturated rings. The van der Waals surface area contributed by atoms with Crippen molar-refractivity contribution in [3.8, 4) is 0 Å². The average molecular weight is 791 g/mol. The average Bonchev–Trinajstić information content (AvgIpc) is 3.21. The number of hydrogen-bond donors (Lipinski definition) is 0. The van der Waals surface area contributed by atoms with Gasteiger partial charge in [0.25, 0.3) is 0 Å². The van der Waals surface area contributed by atoms with E-state index in [1.807, 2.05) is 12.2 Å². The van der Waals surface area contributed by atoms with Crippen LogP contribution in [-0.4, -0.2) is 37.2 Å². The smallest absolute Gasteiger partial charge is 0.306 e. The van der Waals surface area contributed by atoms with Gasteiger partial charge in [-0.1, -0.05) is 169 Å². The number of esters is 3. The normalized spacial score (nSPS) is 13.0. The summed E-state index contributed by atoms with van der Waals surface area (Å²) >= 11 is 0. The first-order valence-electron chi connectivity index (χ1n) is 22.7. The summed E-state index contributed by atoms with van der Waals surface area (Å²) in [5.74, 6) is -1.06. The van der Waals surface area contributed by atoms with Crippen LogP contribution in [-0.2, 0) is 28.6 Å². The highest BCUT2D eigenvalue weighted by Gasteiger charge is 2.19. The topological polar surface area (TPSA) is 78.9 Å². The Morgan fingerprint density at radius 1 is 0.368 bits per heavy atom. The SMILES string of the molecule is CC/C=C\C/C=C\C/C=C\C/C=C\C/C=C\CCC(=O)OCC(COC(=O)CCC/C=C\CCCCCC)OC(=O)CCCCCCCCC/C=C\C/C=C\CC. The van der Waals surface area contributed by atoms with Gasteiger partial charge in [0.05, 0.1) is 0 Å². The molecule has 6 nitrogen and oxygen atoms in total. The molecule has 0 saturated heterocycles. The van der Waals surface area contributed by atoms with Crippen LogP contribution in [0.2, 0.25) is 0 Å². The maximum Gasteiger partial charge on any atom is 0.306 e. The second kappa shape index (κ2) is 45.0.